The van der Waals surface area contributed by atoms with Gasteiger partial charge in [0.25, 0.3) is 5.91 Å². The third-order valence-electron chi connectivity index (χ3n) is 5.39. The molecule has 10 nitrogen and oxygen atoms in total. The third-order valence-corrected chi connectivity index (χ3v) is 5.39. The summed E-state index contributed by atoms with van der Waals surface area (Å²) in [4.78, 5) is 37.5. The highest BCUT2D eigenvalue weighted by atomic mass is 16.6. The van der Waals surface area contributed by atoms with E-state index in [1.54, 1.807) is 60.7 Å². The second kappa shape index (κ2) is 10.8. The van der Waals surface area contributed by atoms with Gasteiger partial charge in [0.05, 0.1) is 17.4 Å². The number of hydrazine groups is 1. The molecule has 0 aliphatic heterocycles. The summed E-state index contributed by atoms with van der Waals surface area (Å²) in [6.07, 6.45) is -0.810. The molecule has 1 atom stereocenters. The first kappa shape index (κ1) is 24.6. The Balaban J connectivity index is 1.69. The van der Waals surface area contributed by atoms with Crippen LogP contribution in [0.4, 0.5) is 4.79 Å². The van der Waals surface area contributed by atoms with Gasteiger partial charge in [0, 0.05) is 11.1 Å². The molecule has 0 aliphatic rings. The number of amides is 3. The van der Waals surface area contributed by atoms with Crippen molar-refractivity contribution in [2.45, 2.75) is 6.10 Å². The molecule has 0 spiro atoms. The third kappa shape index (κ3) is 5.41. The summed E-state index contributed by atoms with van der Waals surface area (Å²) >= 11 is 0. The number of furan rings is 1. The highest BCUT2D eigenvalue weighted by molar-refractivity contribution is 6.00. The van der Waals surface area contributed by atoms with Gasteiger partial charge in [-0.15, -0.1) is 0 Å². The van der Waals surface area contributed by atoms with Crippen molar-refractivity contribution >= 4 is 17.9 Å². The minimum atomic E-state index is -1.10. The maximum atomic E-state index is 13.2. The molecule has 1 heterocycles. The van der Waals surface area contributed by atoms with Crippen molar-refractivity contribution in [3.8, 4) is 22.9 Å². The number of phenolic OH excluding ortho intramolecular Hbond substituents is 1. The van der Waals surface area contributed by atoms with Crippen LogP contribution in [0.5, 0.6) is 5.75 Å². The van der Waals surface area contributed by atoms with Gasteiger partial charge in [0.2, 0.25) is 5.76 Å². The molecular formula is C27H20N4O6. The van der Waals surface area contributed by atoms with Crippen LogP contribution in [0.1, 0.15) is 43.7 Å². The second-order valence-electron chi connectivity index (χ2n) is 7.74. The van der Waals surface area contributed by atoms with E-state index < -0.39 is 24.0 Å². The van der Waals surface area contributed by atoms with Gasteiger partial charge in [-0.05, 0) is 29.3 Å². The molecular weight excluding hydrogens is 476 g/mol. The number of aromatic hydroxyl groups is 1. The Kier molecular flexibility index (Phi) is 7.16. The average Bonchev–Trinajstić information content (AvgIpc) is 3.36. The normalized spacial score (nSPS) is 11.1. The lowest BCUT2D eigenvalue weighted by Crippen LogP contribution is -2.42. The number of phenols is 1. The van der Waals surface area contributed by atoms with Gasteiger partial charge >= 0.3 is 12.0 Å². The van der Waals surface area contributed by atoms with Crippen LogP contribution in [0.3, 0.4) is 0 Å². The largest absolute Gasteiger partial charge is 0.507 e. The maximum Gasteiger partial charge on any atom is 0.405 e. The van der Waals surface area contributed by atoms with Crippen molar-refractivity contribution in [2.24, 2.45) is 5.73 Å². The summed E-state index contributed by atoms with van der Waals surface area (Å²) < 4.78 is 11.0. The van der Waals surface area contributed by atoms with E-state index in [1.165, 1.54) is 24.5 Å². The number of ether oxygens (including phenoxy) is 1. The van der Waals surface area contributed by atoms with Gasteiger partial charge in [-0.3, -0.25) is 20.4 Å². The van der Waals surface area contributed by atoms with Crippen LogP contribution in [-0.4, -0.2) is 23.0 Å². The number of hydrogen-bond donors (Lipinski definition) is 4. The number of rotatable bonds is 6. The first-order chi connectivity index (χ1) is 17.9. The predicted octanol–water partition coefficient (Wildman–Crippen LogP) is 3.78. The number of nitrogens with two attached hydrogens (primary N) is 1. The van der Waals surface area contributed by atoms with Gasteiger partial charge in [-0.1, -0.05) is 60.7 Å². The first-order valence-electron chi connectivity index (χ1n) is 10.9. The number of nitrogens with zero attached hydrogens (tertiary/aromatic N) is 1. The molecule has 4 rings (SSSR count). The molecule has 0 aliphatic carbocycles. The fourth-order valence-electron chi connectivity index (χ4n) is 3.69. The van der Waals surface area contributed by atoms with Crippen LogP contribution < -0.4 is 16.6 Å². The van der Waals surface area contributed by atoms with E-state index in [-0.39, 0.29) is 28.2 Å². The molecule has 0 saturated heterocycles. The Labute approximate surface area is 210 Å². The van der Waals surface area contributed by atoms with Crippen LogP contribution in [0, 0.1) is 11.3 Å². The monoisotopic (exact) mass is 496 g/mol. The average molecular weight is 496 g/mol. The van der Waals surface area contributed by atoms with E-state index in [0.717, 1.165) is 0 Å². The molecule has 184 valence electrons. The Morgan fingerprint density at radius 1 is 0.946 bits per heavy atom. The Bertz CT molecular complexity index is 1490. The van der Waals surface area contributed by atoms with Crippen molar-refractivity contribution in [1.82, 2.24) is 10.9 Å². The molecule has 10 heteroatoms. The number of primary amides is 1. The zero-order chi connectivity index (χ0) is 26.4. The van der Waals surface area contributed by atoms with Crippen LogP contribution in [0.25, 0.3) is 11.1 Å². The molecule has 0 saturated carbocycles. The van der Waals surface area contributed by atoms with E-state index in [0.29, 0.717) is 16.7 Å². The minimum absolute atomic E-state index is 0.0264. The van der Waals surface area contributed by atoms with Crippen molar-refractivity contribution in [3.05, 3.63) is 113 Å². The molecule has 4 aromatic rings. The molecule has 0 radical (unpaired) electrons. The Morgan fingerprint density at radius 2 is 1.59 bits per heavy atom. The Morgan fingerprint density at radius 3 is 2.24 bits per heavy atom. The summed E-state index contributed by atoms with van der Waals surface area (Å²) in [5, 5.41) is 18.7. The number of carbonyl (C=O) groups excluding carboxylic acids is 3. The molecule has 0 fully saturated rings. The first-order valence-corrected chi connectivity index (χ1v) is 10.9. The topological polar surface area (TPSA) is 168 Å². The molecule has 37 heavy (non-hydrogen) atoms. The van der Waals surface area contributed by atoms with Crippen LogP contribution in [0.15, 0.2) is 89.5 Å². The van der Waals surface area contributed by atoms with E-state index in [9.17, 15) is 19.5 Å². The summed E-state index contributed by atoms with van der Waals surface area (Å²) in [5.74, 6) is -2.08. The van der Waals surface area contributed by atoms with Gasteiger partial charge in [-0.2, -0.15) is 5.26 Å². The molecule has 5 N–H and O–H groups in total. The van der Waals surface area contributed by atoms with Crippen molar-refractivity contribution in [3.63, 3.8) is 0 Å². The highest BCUT2D eigenvalue weighted by Crippen LogP contribution is 2.38. The number of nitriles is 1. The SMILES string of the molecule is N#Cc1cc(C(=O)NNC(=O)c2occ(-c3ccccc3)c2C(OC(N)=O)c2ccccc2)ccc1O. The molecule has 3 amide bonds. The quantitative estimate of drug-likeness (QED) is 0.295. The zero-order valence-corrected chi connectivity index (χ0v) is 19.2. The summed E-state index contributed by atoms with van der Waals surface area (Å²) in [6, 6.07) is 23.1. The fourth-order valence-corrected chi connectivity index (χ4v) is 3.69. The summed E-state index contributed by atoms with van der Waals surface area (Å²) in [5.41, 5.74) is 11.7. The van der Waals surface area contributed by atoms with Gasteiger partial charge in [0.15, 0.2) is 6.10 Å². The maximum absolute atomic E-state index is 13.2. The van der Waals surface area contributed by atoms with Gasteiger partial charge < -0.3 is 20.0 Å². The Hall–Kier alpha value is -5.56. The summed E-state index contributed by atoms with van der Waals surface area (Å²) in [6.45, 7) is 0. The van der Waals surface area contributed by atoms with Crippen LogP contribution in [0.2, 0.25) is 0 Å². The van der Waals surface area contributed by atoms with Gasteiger partial charge in [-0.25, -0.2) is 4.79 Å². The minimum Gasteiger partial charge on any atom is -0.507 e. The molecule has 0 bridgehead atoms. The van der Waals surface area contributed by atoms with E-state index in [1.807, 2.05) is 6.07 Å². The summed E-state index contributed by atoms with van der Waals surface area (Å²) in [7, 11) is 0. The number of hydrogen-bond acceptors (Lipinski definition) is 7. The van der Waals surface area contributed by atoms with E-state index >= 15 is 0 Å². The lowest BCUT2D eigenvalue weighted by molar-refractivity contribution is 0.0824. The van der Waals surface area contributed by atoms with E-state index in [2.05, 4.69) is 10.9 Å². The molecule has 1 aromatic heterocycles. The van der Waals surface area contributed by atoms with Crippen molar-refractivity contribution in [2.75, 3.05) is 0 Å². The zero-order valence-electron chi connectivity index (χ0n) is 19.2. The van der Waals surface area contributed by atoms with Crippen LogP contribution in [-0.2, 0) is 4.74 Å². The van der Waals surface area contributed by atoms with Crippen LogP contribution >= 0.6 is 0 Å². The van der Waals surface area contributed by atoms with E-state index in [4.69, 9.17) is 20.1 Å². The standard InChI is InChI=1S/C27H20N4O6/c28-14-19-13-18(11-12-21(19)32)25(33)30-31-26(34)24-22(20(15-36-24)16-7-3-1-4-8-16)23(37-27(29)35)17-9-5-2-6-10-17/h1-13,15,23,32H,(H2,29,35)(H,30,33)(H,31,34). The predicted molar refractivity (Wildman–Crippen MR) is 131 cm³/mol. The number of carbonyl (C=O) groups is 3. The van der Waals surface area contributed by atoms with Crippen molar-refractivity contribution < 1.29 is 28.6 Å². The van der Waals surface area contributed by atoms with Crippen molar-refractivity contribution in [1.29, 1.82) is 5.26 Å². The molecule has 1 unspecified atom stereocenters. The highest BCUT2D eigenvalue weighted by Gasteiger charge is 2.31. The smallest absolute Gasteiger partial charge is 0.405 e. The molecule has 3 aromatic carbocycles. The lowest BCUT2D eigenvalue weighted by atomic mass is 9.94. The number of nitrogens with one attached hydrogen (secondary N) is 2. The fraction of sp³-hybridized carbons (Fsp3) is 0.0370. The lowest BCUT2D eigenvalue weighted by Gasteiger charge is -2.19. The number of benzene rings is 3. The second-order valence-corrected chi connectivity index (χ2v) is 7.74. The van der Waals surface area contributed by atoms with Gasteiger partial charge in [0.1, 0.15) is 11.8 Å².